The fraction of sp³-hybridized carbons (Fsp3) is 0.190. The van der Waals surface area contributed by atoms with Crippen LogP contribution in [0.4, 0.5) is 5.69 Å². The zero-order valence-electron chi connectivity index (χ0n) is 14.1. The van der Waals surface area contributed by atoms with Gasteiger partial charge in [-0.05, 0) is 43.0 Å². The molecule has 0 fully saturated rings. The minimum absolute atomic E-state index is 0.0460. The van der Waals surface area contributed by atoms with Gasteiger partial charge in [-0.15, -0.1) is 0 Å². The van der Waals surface area contributed by atoms with Gasteiger partial charge in [-0.2, -0.15) is 0 Å². The number of amides is 1. The summed E-state index contributed by atoms with van der Waals surface area (Å²) in [6.45, 7) is 2.10. The lowest BCUT2D eigenvalue weighted by molar-refractivity contribution is -0.115. The lowest BCUT2D eigenvalue weighted by Crippen LogP contribution is -2.03. The maximum absolute atomic E-state index is 11.5. The number of carbonyl (C=O) groups is 1. The highest BCUT2D eigenvalue weighted by atomic mass is 16.1. The minimum atomic E-state index is 0.0460. The van der Waals surface area contributed by atoms with Crippen molar-refractivity contribution in [2.45, 2.75) is 26.2 Å². The summed E-state index contributed by atoms with van der Waals surface area (Å²) in [5, 5.41) is 2.85. The van der Waals surface area contributed by atoms with Crippen LogP contribution >= 0.6 is 0 Å². The van der Waals surface area contributed by atoms with Crippen molar-refractivity contribution in [2.24, 2.45) is 0 Å². The van der Waals surface area contributed by atoms with Crippen LogP contribution in [0.3, 0.4) is 0 Å². The number of rotatable bonds is 4. The topological polar surface area (TPSA) is 54.9 Å². The molecule has 1 aromatic heterocycles. The summed E-state index contributed by atoms with van der Waals surface area (Å²) in [6.07, 6.45) is 5.93. The van der Waals surface area contributed by atoms with E-state index >= 15 is 0 Å². The molecule has 3 aromatic rings. The van der Waals surface area contributed by atoms with Gasteiger partial charge in [0.1, 0.15) is 0 Å². The number of aromatic nitrogens is 2. The molecule has 0 saturated heterocycles. The second-order valence-corrected chi connectivity index (χ2v) is 6.48. The molecule has 0 saturated carbocycles. The number of benzene rings is 2. The highest BCUT2D eigenvalue weighted by molar-refractivity contribution is 5.99. The van der Waals surface area contributed by atoms with Crippen LogP contribution in [0, 0.1) is 6.92 Å². The predicted octanol–water partition coefficient (Wildman–Crippen LogP) is 3.73. The van der Waals surface area contributed by atoms with E-state index in [1.165, 1.54) is 11.1 Å². The Bertz CT molecular complexity index is 915. The van der Waals surface area contributed by atoms with Crippen molar-refractivity contribution >= 4 is 11.6 Å². The van der Waals surface area contributed by atoms with Gasteiger partial charge in [-0.3, -0.25) is 14.8 Å². The molecule has 25 heavy (non-hydrogen) atoms. The van der Waals surface area contributed by atoms with E-state index in [4.69, 9.17) is 0 Å². The molecule has 4 heteroatoms. The van der Waals surface area contributed by atoms with Crippen molar-refractivity contribution in [3.05, 3.63) is 77.2 Å². The van der Waals surface area contributed by atoms with E-state index in [9.17, 15) is 4.79 Å². The van der Waals surface area contributed by atoms with Crippen LogP contribution in [0.15, 0.2) is 54.9 Å². The van der Waals surface area contributed by atoms with Crippen molar-refractivity contribution in [1.29, 1.82) is 0 Å². The summed E-state index contributed by atoms with van der Waals surface area (Å²) in [6, 6.07) is 14.5. The van der Waals surface area contributed by atoms with Gasteiger partial charge in [0.15, 0.2) is 0 Å². The average Bonchev–Trinajstić information content (AvgIpc) is 3.01. The van der Waals surface area contributed by atoms with Gasteiger partial charge in [-0.1, -0.05) is 35.9 Å². The van der Waals surface area contributed by atoms with Crippen molar-refractivity contribution < 1.29 is 4.79 Å². The third-order valence-corrected chi connectivity index (χ3v) is 4.52. The predicted molar refractivity (Wildman–Crippen MR) is 98.4 cm³/mol. The Morgan fingerprint density at radius 3 is 2.60 bits per heavy atom. The van der Waals surface area contributed by atoms with Crippen LogP contribution in [-0.4, -0.2) is 15.9 Å². The molecule has 0 bridgehead atoms. The van der Waals surface area contributed by atoms with Gasteiger partial charge in [0.05, 0.1) is 24.0 Å². The summed E-state index contributed by atoms with van der Waals surface area (Å²) in [5.74, 6) is 0.0460. The van der Waals surface area contributed by atoms with Crippen LogP contribution in [0.25, 0.3) is 11.3 Å². The first-order valence-corrected chi connectivity index (χ1v) is 8.47. The second-order valence-electron chi connectivity index (χ2n) is 6.48. The molecule has 1 amide bonds. The van der Waals surface area contributed by atoms with E-state index in [1.807, 2.05) is 30.6 Å². The number of hydrogen-bond acceptors (Lipinski definition) is 3. The minimum Gasteiger partial charge on any atom is -0.326 e. The molecular weight excluding hydrogens is 310 g/mol. The van der Waals surface area contributed by atoms with E-state index in [1.54, 1.807) is 0 Å². The Balaban J connectivity index is 1.46. The lowest BCUT2D eigenvalue weighted by atomic mass is 10.1. The number of nitrogens with one attached hydrogen (secondary N) is 1. The molecule has 4 rings (SSSR count). The smallest absolute Gasteiger partial charge is 0.228 e. The maximum Gasteiger partial charge on any atom is 0.228 e. The van der Waals surface area contributed by atoms with Crippen LogP contribution in [0.1, 0.15) is 22.4 Å². The van der Waals surface area contributed by atoms with E-state index in [0.717, 1.165) is 41.0 Å². The molecule has 2 heterocycles. The largest absolute Gasteiger partial charge is 0.326 e. The van der Waals surface area contributed by atoms with E-state index in [2.05, 4.69) is 46.5 Å². The van der Waals surface area contributed by atoms with E-state index in [-0.39, 0.29) is 5.91 Å². The van der Waals surface area contributed by atoms with Crippen molar-refractivity contribution in [3.8, 4) is 11.3 Å². The van der Waals surface area contributed by atoms with E-state index < -0.39 is 0 Å². The van der Waals surface area contributed by atoms with Crippen LogP contribution < -0.4 is 5.32 Å². The Hall–Kier alpha value is -3.01. The average molecular weight is 329 g/mol. The quantitative estimate of drug-likeness (QED) is 0.793. The molecule has 1 aliphatic rings. The zero-order chi connectivity index (χ0) is 17.2. The number of carbonyl (C=O) groups excluding carboxylic acids is 1. The number of aryl methyl sites for hydroxylation is 3. The molecule has 2 aromatic carbocycles. The Labute approximate surface area is 147 Å². The van der Waals surface area contributed by atoms with Gasteiger partial charge < -0.3 is 5.32 Å². The van der Waals surface area contributed by atoms with Crippen LogP contribution in [0.2, 0.25) is 0 Å². The highest BCUT2D eigenvalue weighted by Gasteiger charge is 2.18. The van der Waals surface area contributed by atoms with E-state index in [0.29, 0.717) is 6.42 Å². The highest BCUT2D eigenvalue weighted by Crippen LogP contribution is 2.27. The molecule has 124 valence electrons. The van der Waals surface area contributed by atoms with Gasteiger partial charge in [0.25, 0.3) is 0 Å². The Kier molecular flexibility index (Phi) is 4.02. The number of fused-ring (bicyclic) bond motifs is 1. The van der Waals surface area contributed by atoms with Gasteiger partial charge in [0.2, 0.25) is 5.91 Å². The second kappa shape index (κ2) is 6.48. The van der Waals surface area contributed by atoms with Gasteiger partial charge in [-0.25, -0.2) is 0 Å². The van der Waals surface area contributed by atoms with Crippen molar-refractivity contribution in [1.82, 2.24) is 9.97 Å². The fourth-order valence-corrected chi connectivity index (χ4v) is 3.05. The van der Waals surface area contributed by atoms with Gasteiger partial charge >= 0.3 is 0 Å². The summed E-state index contributed by atoms with van der Waals surface area (Å²) in [5.41, 5.74) is 7.33. The number of anilines is 1. The standard InChI is InChI=1S/C21H19N3O/c1-14-2-4-15(5-3-14)6-8-18-12-23-20(13-22-18)16-7-9-19-17(10-16)11-21(25)24-19/h2-5,7,9-10,12-13H,6,8,11H2,1H3,(H,24,25). The van der Waals surface area contributed by atoms with Crippen LogP contribution in [0.5, 0.6) is 0 Å². The zero-order valence-corrected chi connectivity index (χ0v) is 14.1. The van der Waals surface area contributed by atoms with Gasteiger partial charge in [0, 0.05) is 17.4 Å². The van der Waals surface area contributed by atoms with Crippen molar-refractivity contribution in [2.75, 3.05) is 5.32 Å². The summed E-state index contributed by atoms with van der Waals surface area (Å²) in [4.78, 5) is 20.6. The van der Waals surface area contributed by atoms with Crippen LogP contribution in [-0.2, 0) is 24.1 Å². The first-order chi connectivity index (χ1) is 12.2. The summed E-state index contributed by atoms with van der Waals surface area (Å²) < 4.78 is 0. The number of hydrogen-bond donors (Lipinski definition) is 1. The SMILES string of the molecule is Cc1ccc(CCc2cnc(-c3ccc4c(c3)CC(=O)N4)cn2)cc1. The lowest BCUT2D eigenvalue weighted by Gasteiger charge is -2.05. The summed E-state index contributed by atoms with van der Waals surface area (Å²) >= 11 is 0. The molecule has 0 atom stereocenters. The third-order valence-electron chi connectivity index (χ3n) is 4.52. The molecule has 0 spiro atoms. The monoisotopic (exact) mass is 329 g/mol. The number of nitrogens with zero attached hydrogens (tertiary/aromatic N) is 2. The first-order valence-electron chi connectivity index (χ1n) is 8.47. The normalized spacial score (nSPS) is 12.8. The fourth-order valence-electron chi connectivity index (χ4n) is 3.05. The molecule has 0 unspecified atom stereocenters. The summed E-state index contributed by atoms with van der Waals surface area (Å²) in [7, 11) is 0. The first kappa shape index (κ1) is 15.5. The molecule has 1 N–H and O–H groups in total. The molecule has 1 aliphatic heterocycles. The molecule has 0 aliphatic carbocycles. The third kappa shape index (κ3) is 3.43. The maximum atomic E-state index is 11.5. The molecule has 0 radical (unpaired) electrons. The van der Waals surface area contributed by atoms with Crippen molar-refractivity contribution in [3.63, 3.8) is 0 Å². The Morgan fingerprint density at radius 2 is 1.84 bits per heavy atom. The Morgan fingerprint density at radius 1 is 1.00 bits per heavy atom. The molecule has 4 nitrogen and oxygen atoms in total. The molecular formula is C21H19N3O.